The first-order valence-electron chi connectivity index (χ1n) is 5.27. The molecule has 0 aliphatic rings. The maximum Gasteiger partial charge on any atom is 0.338 e. The monoisotopic (exact) mass is 238 g/mol. The molecule has 0 spiro atoms. The predicted molar refractivity (Wildman–Crippen MR) is 65.8 cm³/mol. The van der Waals surface area contributed by atoms with E-state index in [9.17, 15) is 4.79 Å². The molecule has 18 heavy (non-hydrogen) atoms. The molecule has 4 nitrogen and oxygen atoms in total. The molecule has 88 valence electrons. The number of aromatic nitrogens is 2. The number of methoxy groups -OCH3 is 1. The molecule has 0 aliphatic carbocycles. The van der Waals surface area contributed by atoms with Crippen LogP contribution in [0.2, 0.25) is 0 Å². The third-order valence-electron chi connectivity index (χ3n) is 2.16. The van der Waals surface area contributed by atoms with Crippen LogP contribution in [0, 0.1) is 11.8 Å². The van der Waals surface area contributed by atoms with E-state index in [0.717, 1.165) is 0 Å². The molecule has 0 amide bonds. The molecule has 2 rings (SSSR count). The Bertz CT molecular complexity index is 612. The van der Waals surface area contributed by atoms with Gasteiger partial charge in [0.1, 0.15) is 11.4 Å². The van der Waals surface area contributed by atoms with Crippen LogP contribution in [-0.4, -0.2) is 23.0 Å². The van der Waals surface area contributed by atoms with E-state index in [-0.39, 0.29) is 0 Å². The number of nitrogens with zero attached hydrogens (tertiary/aromatic N) is 2. The van der Waals surface area contributed by atoms with E-state index in [4.69, 9.17) is 0 Å². The van der Waals surface area contributed by atoms with Crippen molar-refractivity contribution in [2.45, 2.75) is 0 Å². The second kappa shape index (κ2) is 5.60. The van der Waals surface area contributed by atoms with Gasteiger partial charge in [-0.1, -0.05) is 6.07 Å². The molecular weight excluding hydrogens is 228 g/mol. The molecular formula is C14H10N2O2. The van der Waals surface area contributed by atoms with Gasteiger partial charge in [0.2, 0.25) is 0 Å². The summed E-state index contributed by atoms with van der Waals surface area (Å²) in [7, 11) is 1.34. The van der Waals surface area contributed by atoms with Crippen LogP contribution in [0.1, 0.15) is 21.7 Å². The molecule has 0 saturated carbocycles. The van der Waals surface area contributed by atoms with E-state index in [0.29, 0.717) is 17.0 Å². The summed E-state index contributed by atoms with van der Waals surface area (Å²) in [5.74, 6) is 5.31. The summed E-state index contributed by atoms with van der Waals surface area (Å²) >= 11 is 0. The van der Waals surface area contributed by atoms with Gasteiger partial charge in [0, 0.05) is 12.4 Å². The number of ether oxygens (including phenoxy) is 1. The molecule has 2 heterocycles. The third kappa shape index (κ3) is 2.92. The molecule has 0 aromatic carbocycles. The van der Waals surface area contributed by atoms with Gasteiger partial charge in [-0.3, -0.25) is 0 Å². The normalized spacial score (nSPS) is 9.17. The molecule has 0 unspecified atom stereocenters. The van der Waals surface area contributed by atoms with Crippen LogP contribution in [0.15, 0.2) is 42.7 Å². The maximum absolute atomic E-state index is 11.3. The Labute approximate surface area is 105 Å². The maximum atomic E-state index is 11.3. The number of esters is 1. The summed E-state index contributed by atoms with van der Waals surface area (Å²) in [6.07, 6.45) is 3.19. The molecule has 2 aromatic rings. The van der Waals surface area contributed by atoms with Crippen molar-refractivity contribution in [1.82, 2.24) is 9.97 Å². The number of carbonyl (C=O) groups excluding carboxylic acids is 1. The Morgan fingerprint density at radius 1 is 1.11 bits per heavy atom. The third-order valence-corrected chi connectivity index (χ3v) is 2.16. The average Bonchev–Trinajstić information content (AvgIpc) is 2.45. The molecule has 0 aliphatic heterocycles. The molecule has 0 fully saturated rings. The first-order chi connectivity index (χ1) is 8.79. The summed E-state index contributed by atoms with van der Waals surface area (Å²) in [5, 5.41) is 0. The standard InChI is InChI=1S/C14H10N2O2/c1-18-14(17)11-7-9-16-13(10-11)6-5-12-4-2-3-8-15-12/h2-4,7-10H,1H3. The first kappa shape index (κ1) is 11.8. The van der Waals surface area contributed by atoms with Crippen LogP contribution in [0.3, 0.4) is 0 Å². The molecule has 0 atom stereocenters. The van der Waals surface area contributed by atoms with E-state index < -0.39 is 5.97 Å². The van der Waals surface area contributed by atoms with Gasteiger partial charge in [-0.25, -0.2) is 14.8 Å². The highest BCUT2D eigenvalue weighted by molar-refractivity contribution is 5.89. The summed E-state index contributed by atoms with van der Waals surface area (Å²) in [5.41, 5.74) is 1.59. The molecule has 4 heteroatoms. The highest BCUT2D eigenvalue weighted by Crippen LogP contribution is 2.02. The van der Waals surface area contributed by atoms with Crippen molar-refractivity contribution in [1.29, 1.82) is 0 Å². The largest absolute Gasteiger partial charge is 0.465 e. The lowest BCUT2D eigenvalue weighted by atomic mass is 10.2. The number of hydrogen-bond acceptors (Lipinski definition) is 4. The van der Waals surface area contributed by atoms with E-state index in [2.05, 4.69) is 26.5 Å². The minimum absolute atomic E-state index is 0.404. The van der Waals surface area contributed by atoms with Crippen LogP contribution in [0.5, 0.6) is 0 Å². The van der Waals surface area contributed by atoms with Crippen LogP contribution < -0.4 is 0 Å². The van der Waals surface area contributed by atoms with Crippen molar-refractivity contribution < 1.29 is 9.53 Å². The summed E-state index contributed by atoms with van der Waals surface area (Å²) in [6.45, 7) is 0. The molecule has 0 bridgehead atoms. The lowest BCUT2D eigenvalue weighted by molar-refractivity contribution is 0.0600. The number of pyridine rings is 2. The summed E-state index contributed by atoms with van der Waals surface area (Å²) in [6, 6.07) is 8.65. The summed E-state index contributed by atoms with van der Waals surface area (Å²) in [4.78, 5) is 19.5. The van der Waals surface area contributed by atoms with Gasteiger partial charge < -0.3 is 4.74 Å². The van der Waals surface area contributed by atoms with Gasteiger partial charge in [0.05, 0.1) is 12.7 Å². The van der Waals surface area contributed by atoms with Crippen molar-refractivity contribution in [3.63, 3.8) is 0 Å². The van der Waals surface area contributed by atoms with Crippen LogP contribution in [-0.2, 0) is 4.74 Å². The number of rotatable bonds is 1. The molecule has 0 saturated heterocycles. The highest BCUT2D eigenvalue weighted by Gasteiger charge is 2.04. The molecule has 0 radical (unpaired) electrons. The van der Waals surface area contributed by atoms with Gasteiger partial charge >= 0.3 is 5.97 Å². The molecule has 0 N–H and O–H groups in total. The molecule has 2 aromatic heterocycles. The minimum atomic E-state index is -0.404. The Morgan fingerprint density at radius 3 is 2.61 bits per heavy atom. The van der Waals surface area contributed by atoms with Crippen molar-refractivity contribution in [2.75, 3.05) is 7.11 Å². The van der Waals surface area contributed by atoms with Gasteiger partial charge in [-0.05, 0) is 36.1 Å². The Morgan fingerprint density at radius 2 is 1.89 bits per heavy atom. The Kier molecular flexibility index (Phi) is 3.67. The fourth-order valence-electron chi connectivity index (χ4n) is 1.31. The second-order valence-electron chi connectivity index (χ2n) is 3.39. The summed E-state index contributed by atoms with van der Waals surface area (Å²) < 4.78 is 4.63. The first-order valence-corrected chi connectivity index (χ1v) is 5.27. The predicted octanol–water partition coefficient (Wildman–Crippen LogP) is 1.66. The van der Waals surface area contributed by atoms with Gasteiger partial charge in [0.25, 0.3) is 0 Å². The lowest BCUT2D eigenvalue weighted by Crippen LogP contribution is -2.01. The van der Waals surface area contributed by atoms with Crippen molar-refractivity contribution in [2.24, 2.45) is 0 Å². The van der Waals surface area contributed by atoms with Gasteiger partial charge in [0.15, 0.2) is 0 Å². The zero-order valence-electron chi connectivity index (χ0n) is 9.75. The van der Waals surface area contributed by atoms with Crippen molar-refractivity contribution in [3.05, 3.63) is 59.7 Å². The number of hydrogen-bond donors (Lipinski definition) is 0. The SMILES string of the molecule is COC(=O)c1ccnc(C#Cc2ccccn2)c1. The van der Waals surface area contributed by atoms with E-state index in [1.165, 1.54) is 13.3 Å². The Balaban J connectivity index is 2.25. The second-order valence-corrected chi connectivity index (χ2v) is 3.39. The fourth-order valence-corrected chi connectivity index (χ4v) is 1.31. The highest BCUT2D eigenvalue weighted by atomic mass is 16.5. The smallest absolute Gasteiger partial charge is 0.338 e. The quantitative estimate of drug-likeness (QED) is 0.560. The van der Waals surface area contributed by atoms with Crippen LogP contribution in [0.4, 0.5) is 0 Å². The van der Waals surface area contributed by atoms with Gasteiger partial charge in [-0.15, -0.1) is 0 Å². The lowest BCUT2D eigenvalue weighted by Gasteiger charge is -1.98. The van der Waals surface area contributed by atoms with E-state index in [1.54, 1.807) is 24.4 Å². The van der Waals surface area contributed by atoms with Crippen LogP contribution >= 0.6 is 0 Å². The fraction of sp³-hybridized carbons (Fsp3) is 0.0714. The average molecular weight is 238 g/mol. The van der Waals surface area contributed by atoms with E-state index in [1.807, 2.05) is 12.1 Å². The zero-order valence-corrected chi connectivity index (χ0v) is 9.75. The van der Waals surface area contributed by atoms with Crippen molar-refractivity contribution >= 4 is 5.97 Å². The zero-order chi connectivity index (χ0) is 12.8. The van der Waals surface area contributed by atoms with E-state index >= 15 is 0 Å². The topological polar surface area (TPSA) is 52.1 Å². The van der Waals surface area contributed by atoms with Crippen molar-refractivity contribution in [3.8, 4) is 11.8 Å². The number of carbonyl (C=O) groups is 1. The minimum Gasteiger partial charge on any atom is -0.465 e. The Hall–Kier alpha value is -2.67. The van der Waals surface area contributed by atoms with Crippen LogP contribution in [0.25, 0.3) is 0 Å². The van der Waals surface area contributed by atoms with Gasteiger partial charge in [-0.2, -0.15) is 0 Å².